The minimum absolute atomic E-state index is 0.289. The Kier molecular flexibility index (Phi) is 5.16. The van der Waals surface area contributed by atoms with Gasteiger partial charge in [0, 0.05) is 32.7 Å². The van der Waals surface area contributed by atoms with Crippen LogP contribution in [0.4, 0.5) is 0 Å². The topological polar surface area (TPSA) is 59.7 Å². The van der Waals surface area contributed by atoms with Gasteiger partial charge in [-0.15, -0.1) is 0 Å². The van der Waals surface area contributed by atoms with Gasteiger partial charge in [0.05, 0.1) is 11.6 Å². The summed E-state index contributed by atoms with van der Waals surface area (Å²) in [5.41, 5.74) is 0.614. The zero-order chi connectivity index (χ0) is 16.2. The number of fused-ring (bicyclic) bond motifs is 2. The molecule has 2 saturated heterocycles. The zero-order valence-corrected chi connectivity index (χ0v) is 13.7. The molecule has 5 nitrogen and oxygen atoms in total. The van der Waals surface area contributed by atoms with Crippen molar-refractivity contribution in [2.24, 2.45) is 11.8 Å². The van der Waals surface area contributed by atoms with E-state index in [1.807, 2.05) is 0 Å². The van der Waals surface area contributed by atoms with Crippen LogP contribution in [0.1, 0.15) is 12.0 Å². The maximum atomic E-state index is 10.2. The first kappa shape index (κ1) is 16.3. The van der Waals surface area contributed by atoms with Crippen molar-refractivity contribution < 1.29 is 9.84 Å². The average Bonchev–Trinajstić information content (AvgIpc) is 2.52. The molecular formula is C18H25N3O2. The molecule has 0 aliphatic carbocycles. The third-order valence-electron chi connectivity index (χ3n) is 4.73. The van der Waals surface area contributed by atoms with E-state index in [0.29, 0.717) is 17.9 Å². The summed E-state index contributed by atoms with van der Waals surface area (Å²) in [6.07, 6.45) is 0.848. The van der Waals surface area contributed by atoms with E-state index in [1.165, 1.54) is 19.5 Å². The number of ether oxygens (including phenoxy) is 1. The minimum atomic E-state index is -0.484. The number of likely N-dealkylation sites (tertiary alicyclic amines) is 2. The Labute approximate surface area is 138 Å². The normalized spacial score (nSPS) is 26.5. The lowest BCUT2D eigenvalue weighted by Gasteiger charge is -2.45. The van der Waals surface area contributed by atoms with E-state index >= 15 is 0 Å². The van der Waals surface area contributed by atoms with Crippen molar-refractivity contribution in [3.8, 4) is 11.8 Å². The largest absolute Gasteiger partial charge is 0.491 e. The Morgan fingerprint density at radius 2 is 1.87 bits per heavy atom. The van der Waals surface area contributed by atoms with E-state index in [2.05, 4.69) is 22.9 Å². The van der Waals surface area contributed by atoms with Gasteiger partial charge in [-0.05, 0) is 49.6 Å². The smallest absolute Gasteiger partial charge is 0.119 e. The molecule has 0 saturated carbocycles. The molecule has 0 spiro atoms. The Balaban J connectivity index is 1.44. The van der Waals surface area contributed by atoms with Gasteiger partial charge in [0.2, 0.25) is 0 Å². The lowest BCUT2D eigenvalue weighted by Crippen LogP contribution is -2.53. The summed E-state index contributed by atoms with van der Waals surface area (Å²) in [6, 6.07) is 9.07. The second-order valence-electron chi connectivity index (χ2n) is 7.01. The number of aliphatic hydroxyl groups is 1. The zero-order valence-electron chi connectivity index (χ0n) is 13.7. The van der Waals surface area contributed by atoms with Crippen LogP contribution in [0.3, 0.4) is 0 Å². The standard InChI is InChI=1S/C18H25N3O2/c1-20-8-15-6-16(9-20)11-21(10-15)12-17(22)13-23-18-4-2-14(7-19)3-5-18/h2-5,15-17,22H,6,8-13H2,1H3. The van der Waals surface area contributed by atoms with Gasteiger partial charge >= 0.3 is 0 Å². The number of hydrogen-bond acceptors (Lipinski definition) is 5. The molecule has 2 bridgehead atoms. The van der Waals surface area contributed by atoms with Crippen LogP contribution in [0.15, 0.2) is 24.3 Å². The summed E-state index contributed by atoms with van der Waals surface area (Å²) >= 11 is 0. The molecule has 3 unspecified atom stereocenters. The fourth-order valence-corrected chi connectivity index (χ4v) is 3.96. The van der Waals surface area contributed by atoms with Crippen LogP contribution in [-0.2, 0) is 0 Å². The monoisotopic (exact) mass is 315 g/mol. The van der Waals surface area contributed by atoms with Crippen LogP contribution < -0.4 is 4.74 Å². The van der Waals surface area contributed by atoms with E-state index in [-0.39, 0.29) is 6.61 Å². The van der Waals surface area contributed by atoms with E-state index in [9.17, 15) is 5.11 Å². The molecule has 2 aliphatic heterocycles. The molecule has 1 aromatic rings. The van der Waals surface area contributed by atoms with Crippen LogP contribution in [0.25, 0.3) is 0 Å². The summed E-state index contributed by atoms with van der Waals surface area (Å²) in [4.78, 5) is 4.82. The van der Waals surface area contributed by atoms with Crippen LogP contribution >= 0.6 is 0 Å². The molecule has 0 radical (unpaired) electrons. The highest BCUT2D eigenvalue weighted by Crippen LogP contribution is 2.27. The maximum Gasteiger partial charge on any atom is 0.119 e. The second kappa shape index (κ2) is 7.31. The number of benzene rings is 1. The number of β-amino-alcohol motifs (C(OH)–C–C–N with tert-alkyl or cyclic N) is 1. The second-order valence-corrected chi connectivity index (χ2v) is 7.01. The number of aliphatic hydroxyl groups excluding tert-OH is 1. The molecule has 23 heavy (non-hydrogen) atoms. The molecule has 1 N–H and O–H groups in total. The minimum Gasteiger partial charge on any atom is -0.491 e. The van der Waals surface area contributed by atoms with Crippen molar-refractivity contribution in [3.63, 3.8) is 0 Å². The molecule has 2 aliphatic rings. The van der Waals surface area contributed by atoms with Gasteiger partial charge in [0.15, 0.2) is 0 Å². The fourth-order valence-electron chi connectivity index (χ4n) is 3.96. The Morgan fingerprint density at radius 3 is 2.48 bits per heavy atom. The highest BCUT2D eigenvalue weighted by atomic mass is 16.5. The molecule has 0 aromatic heterocycles. The van der Waals surface area contributed by atoms with Crippen LogP contribution in [0.2, 0.25) is 0 Å². The molecule has 2 fully saturated rings. The van der Waals surface area contributed by atoms with Crippen molar-refractivity contribution >= 4 is 0 Å². The SMILES string of the molecule is CN1CC2CC(C1)CN(CC(O)COc1ccc(C#N)cc1)C2. The van der Waals surface area contributed by atoms with Gasteiger partial charge in [0.1, 0.15) is 18.5 Å². The van der Waals surface area contributed by atoms with E-state index in [0.717, 1.165) is 24.9 Å². The third kappa shape index (κ3) is 4.44. The summed E-state index contributed by atoms with van der Waals surface area (Å²) in [6.45, 7) is 5.46. The molecule has 0 amide bonds. The Hall–Kier alpha value is -1.61. The van der Waals surface area contributed by atoms with Crippen molar-refractivity contribution in [2.45, 2.75) is 12.5 Å². The van der Waals surface area contributed by atoms with E-state index in [4.69, 9.17) is 10.00 Å². The number of piperidine rings is 2. The first-order valence-electron chi connectivity index (χ1n) is 8.34. The predicted octanol–water partition coefficient (Wildman–Crippen LogP) is 1.18. The molecule has 3 atom stereocenters. The number of nitriles is 1. The summed E-state index contributed by atoms with van der Waals surface area (Å²) in [7, 11) is 2.20. The lowest BCUT2D eigenvalue weighted by molar-refractivity contribution is 0.00642. The van der Waals surface area contributed by atoms with Gasteiger partial charge in [-0.25, -0.2) is 0 Å². The molecule has 5 heteroatoms. The van der Waals surface area contributed by atoms with Crippen molar-refractivity contribution in [3.05, 3.63) is 29.8 Å². The quantitative estimate of drug-likeness (QED) is 0.884. The summed E-state index contributed by atoms with van der Waals surface area (Å²) < 4.78 is 5.63. The van der Waals surface area contributed by atoms with Crippen molar-refractivity contribution in [1.29, 1.82) is 5.26 Å². The maximum absolute atomic E-state index is 10.2. The van der Waals surface area contributed by atoms with Gasteiger partial charge in [-0.3, -0.25) is 4.90 Å². The van der Waals surface area contributed by atoms with E-state index in [1.54, 1.807) is 24.3 Å². The van der Waals surface area contributed by atoms with Gasteiger partial charge in [0.25, 0.3) is 0 Å². The third-order valence-corrected chi connectivity index (χ3v) is 4.73. The molecule has 3 rings (SSSR count). The highest BCUT2D eigenvalue weighted by Gasteiger charge is 2.33. The van der Waals surface area contributed by atoms with Crippen LogP contribution in [-0.4, -0.2) is 67.4 Å². The first-order chi connectivity index (χ1) is 11.1. The number of rotatable bonds is 5. The number of hydrogen-bond donors (Lipinski definition) is 1. The van der Waals surface area contributed by atoms with Crippen molar-refractivity contribution in [1.82, 2.24) is 9.80 Å². The van der Waals surface area contributed by atoms with Crippen LogP contribution in [0, 0.1) is 23.2 Å². The lowest BCUT2D eigenvalue weighted by atomic mass is 9.85. The van der Waals surface area contributed by atoms with Crippen molar-refractivity contribution in [2.75, 3.05) is 46.4 Å². The number of nitrogens with zero attached hydrogens (tertiary/aromatic N) is 3. The average molecular weight is 315 g/mol. The first-order valence-corrected chi connectivity index (χ1v) is 8.34. The molecular weight excluding hydrogens is 290 g/mol. The summed E-state index contributed by atoms with van der Waals surface area (Å²) in [5.74, 6) is 2.17. The highest BCUT2D eigenvalue weighted by molar-refractivity contribution is 5.34. The van der Waals surface area contributed by atoms with Gasteiger partial charge < -0.3 is 14.7 Å². The Morgan fingerprint density at radius 1 is 1.22 bits per heavy atom. The molecule has 124 valence electrons. The van der Waals surface area contributed by atoms with Gasteiger partial charge in [-0.2, -0.15) is 5.26 Å². The molecule has 1 aromatic carbocycles. The van der Waals surface area contributed by atoms with E-state index < -0.39 is 6.10 Å². The predicted molar refractivity (Wildman–Crippen MR) is 88.2 cm³/mol. The van der Waals surface area contributed by atoms with Gasteiger partial charge in [-0.1, -0.05) is 0 Å². The van der Waals surface area contributed by atoms with Crippen LogP contribution in [0.5, 0.6) is 5.75 Å². The summed E-state index contributed by atoms with van der Waals surface area (Å²) in [5, 5.41) is 19.0. The Bertz CT molecular complexity index is 536. The molecule has 2 heterocycles. The fraction of sp³-hybridized carbons (Fsp3) is 0.611.